The first-order chi connectivity index (χ1) is 16.1. The molecular weight excluding hydrogens is 520 g/mol. The topological polar surface area (TPSA) is 120 Å². The van der Waals surface area contributed by atoms with Gasteiger partial charge in [-0.1, -0.05) is 60.9 Å². The van der Waals surface area contributed by atoms with E-state index in [9.17, 15) is 4.79 Å². The number of primary amides is 1. The fourth-order valence-electron chi connectivity index (χ4n) is 3.10. The molecule has 1 aromatic heterocycles. The second-order valence-corrected chi connectivity index (χ2v) is 10.5. The molecule has 0 aliphatic carbocycles. The van der Waals surface area contributed by atoms with Gasteiger partial charge in [0.25, 0.3) is 0 Å². The van der Waals surface area contributed by atoms with Crippen molar-refractivity contribution in [1.82, 2.24) is 9.55 Å². The van der Waals surface area contributed by atoms with Crippen LogP contribution in [0, 0.1) is 0 Å². The van der Waals surface area contributed by atoms with Crippen LogP contribution in [0.15, 0.2) is 52.4 Å². The summed E-state index contributed by atoms with van der Waals surface area (Å²) in [6.07, 6.45) is -1.04. The van der Waals surface area contributed by atoms with Gasteiger partial charge in [0.15, 0.2) is 13.0 Å². The van der Waals surface area contributed by atoms with Gasteiger partial charge in [-0.2, -0.15) is 0 Å². The Hall–Kier alpha value is -2.00. The first kappa shape index (κ1) is 26.6. The second kappa shape index (κ2) is 12.1. The molecule has 0 saturated carbocycles. The Kier molecular flexibility index (Phi) is 9.47. The van der Waals surface area contributed by atoms with Gasteiger partial charge in [-0.05, 0) is 41.8 Å². The summed E-state index contributed by atoms with van der Waals surface area (Å²) in [6.45, 7) is 4.41. The molecule has 34 heavy (non-hydrogen) atoms. The van der Waals surface area contributed by atoms with Crippen molar-refractivity contribution in [3.8, 4) is 5.75 Å². The van der Waals surface area contributed by atoms with Crippen LogP contribution >= 0.6 is 43.3 Å². The van der Waals surface area contributed by atoms with E-state index in [0.29, 0.717) is 28.2 Å². The summed E-state index contributed by atoms with van der Waals surface area (Å²) in [4.78, 5) is 34.9. The van der Waals surface area contributed by atoms with Crippen molar-refractivity contribution >= 4 is 49.4 Å². The summed E-state index contributed by atoms with van der Waals surface area (Å²) in [5.74, 6) is 1.16. The molecule has 182 valence electrons. The van der Waals surface area contributed by atoms with Gasteiger partial charge < -0.3 is 29.6 Å². The van der Waals surface area contributed by atoms with Crippen molar-refractivity contribution in [2.45, 2.75) is 42.8 Å². The van der Waals surface area contributed by atoms with E-state index >= 15 is 0 Å². The lowest BCUT2D eigenvalue weighted by Crippen LogP contribution is -2.15. The number of halogens is 2. The molecule has 3 rings (SSSR count). The normalized spacial score (nSPS) is 11.3. The van der Waals surface area contributed by atoms with Crippen molar-refractivity contribution in [1.29, 1.82) is 0 Å². The lowest BCUT2D eigenvalue weighted by atomic mass is 10.1. The molecule has 1 heterocycles. The smallest absolute Gasteiger partial charge is 0.404 e. The molecule has 8 nitrogen and oxygen atoms in total. The predicted molar refractivity (Wildman–Crippen MR) is 134 cm³/mol. The lowest BCUT2D eigenvalue weighted by molar-refractivity contribution is 0.145. The summed E-state index contributed by atoms with van der Waals surface area (Å²) in [5.41, 5.74) is 6.96. The zero-order chi connectivity index (χ0) is 24.8. The molecule has 1 amide bonds. The SMILES string of the molecule is CC(C)c1nc(COC(N)=O)n(Cc2ccc(OCP(O)O)cc2)c1Sc1cc(Cl)cc(Cl)c1. The van der Waals surface area contributed by atoms with Gasteiger partial charge in [0.1, 0.15) is 16.6 Å². The summed E-state index contributed by atoms with van der Waals surface area (Å²) in [5, 5.41) is 1.91. The van der Waals surface area contributed by atoms with Crippen LogP contribution in [-0.4, -0.2) is 31.8 Å². The molecule has 12 heteroatoms. The quantitative estimate of drug-likeness (QED) is 0.279. The van der Waals surface area contributed by atoms with Gasteiger partial charge in [0.05, 0.1) is 5.69 Å². The van der Waals surface area contributed by atoms with Crippen LogP contribution in [0.25, 0.3) is 0 Å². The van der Waals surface area contributed by atoms with Crippen molar-refractivity contribution in [3.63, 3.8) is 0 Å². The number of carbonyl (C=O) groups excluding carboxylic acids is 1. The number of amides is 1. The highest BCUT2D eigenvalue weighted by Gasteiger charge is 2.22. The Morgan fingerprint density at radius 3 is 2.38 bits per heavy atom. The summed E-state index contributed by atoms with van der Waals surface area (Å²) >= 11 is 13.9. The zero-order valence-corrected chi connectivity index (χ0v) is 21.7. The number of benzene rings is 2. The Labute approximate surface area is 212 Å². The van der Waals surface area contributed by atoms with Crippen molar-refractivity contribution in [2.75, 3.05) is 6.35 Å². The number of nitrogens with two attached hydrogens (primary N) is 1. The highest BCUT2D eigenvalue weighted by molar-refractivity contribution is 7.99. The molecule has 0 saturated heterocycles. The number of nitrogens with zero attached hydrogens (tertiary/aromatic N) is 2. The Morgan fingerprint density at radius 2 is 1.82 bits per heavy atom. The third-order valence-corrected chi connectivity index (χ3v) is 6.47. The summed E-state index contributed by atoms with van der Waals surface area (Å²) < 4.78 is 12.4. The number of hydrogen-bond acceptors (Lipinski definition) is 7. The summed E-state index contributed by atoms with van der Waals surface area (Å²) in [7, 11) is -2.13. The van der Waals surface area contributed by atoms with E-state index in [-0.39, 0.29) is 18.9 Å². The number of aromatic nitrogens is 2. The zero-order valence-electron chi connectivity index (χ0n) is 18.4. The first-order valence-electron chi connectivity index (χ1n) is 10.1. The number of rotatable bonds is 10. The van der Waals surface area contributed by atoms with Crippen molar-refractivity contribution in [3.05, 3.63) is 69.6 Å². The van der Waals surface area contributed by atoms with Gasteiger partial charge in [-0.3, -0.25) is 0 Å². The van der Waals surface area contributed by atoms with Crippen LogP contribution < -0.4 is 10.5 Å². The lowest BCUT2D eigenvalue weighted by Gasteiger charge is -2.14. The van der Waals surface area contributed by atoms with Crippen LogP contribution in [-0.2, 0) is 17.9 Å². The number of imidazole rings is 1. The van der Waals surface area contributed by atoms with Crippen LogP contribution in [0.1, 0.15) is 36.8 Å². The van der Waals surface area contributed by atoms with Crippen molar-refractivity contribution < 1.29 is 24.1 Å². The minimum Gasteiger partial charge on any atom is -0.484 e. The van der Waals surface area contributed by atoms with Crippen LogP contribution in [0.2, 0.25) is 10.0 Å². The minimum absolute atomic E-state index is 0.0797. The van der Waals surface area contributed by atoms with Gasteiger partial charge in [-0.15, -0.1) is 0 Å². The number of carbonyl (C=O) groups is 1. The molecule has 0 unspecified atom stereocenters. The minimum atomic E-state index is -2.13. The molecule has 0 atom stereocenters. The molecule has 0 radical (unpaired) electrons. The van der Waals surface area contributed by atoms with E-state index in [1.165, 1.54) is 11.8 Å². The number of ether oxygens (including phenoxy) is 2. The molecule has 0 aliphatic rings. The fraction of sp³-hybridized carbons (Fsp3) is 0.273. The average Bonchev–Trinajstić information content (AvgIpc) is 3.08. The first-order valence-corrected chi connectivity index (χ1v) is 13.2. The van der Waals surface area contributed by atoms with E-state index < -0.39 is 14.5 Å². The monoisotopic (exact) mass is 543 g/mol. The predicted octanol–water partition coefficient (Wildman–Crippen LogP) is 5.74. The third kappa shape index (κ3) is 7.50. The largest absolute Gasteiger partial charge is 0.484 e. The average molecular weight is 544 g/mol. The molecule has 2 aromatic carbocycles. The second-order valence-electron chi connectivity index (χ2n) is 7.56. The van der Waals surface area contributed by atoms with E-state index in [1.54, 1.807) is 18.2 Å². The van der Waals surface area contributed by atoms with Gasteiger partial charge in [0, 0.05) is 21.5 Å². The number of hydrogen-bond donors (Lipinski definition) is 3. The Morgan fingerprint density at radius 1 is 1.18 bits per heavy atom. The van der Waals surface area contributed by atoms with Gasteiger partial charge >= 0.3 is 6.09 Å². The van der Waals surface area contributed by atoms with E-state index in [0.717, 1.165) is 21.2 Å². The molecule has 0 bridgehead atoms. The Balaban J connectivity index is 1.98. The maximum Gasteiger partial charge on any atom is 0.404 e. The van der Waals surface area contributed by atoms with Crippen molar-refractivity contribution in [2.24, 2.45) is 5.73 Å². The van der Waals surface area contributed by atoms with Crippen LogP contribution in [0.5, 0.6) is 5.75 Å². The fourth-order valence-corrected chi connectivity index (χ4v) is 5.28. The molecule has 4 N–H and O–H groups in total. The van der Waals surface area contributed by atoms with Crippen LogP contribution in [0.4, 0.5) is 4.79 Å². The van der Waals surface area contributed by atoms with E-state index in [4.69, 9.17) is 53.2 Å². The highest BCUT2D eigenvalue weighted by Crippen LogP contribution is 2.38. The standard InChI is InChI=1S/C22H24Cl2N3O5PS/c1-13(2)20-21(34-18-8-15(23)7-16(24)9-18)27(19(26-20)11-31-22(25)28)10-14-3-5-17(6-4-14)32-12-33(29)30/h3-9,13,29-30H,10-12H2,1-2H3,(H2,25,28). The van der Waals surface area contributed by atoms with Gasteiger partial charge in [-0.25, -0.2) is 9.78 Å². The molecular formula is C22H24Cl2N3O5PS. The molecule has 0 spiro atoms. The van der Waals surface area contributed by atoms with Crippen LogP contribution in [0.3, 0.4) is 0 Å². The maximum atomic E-state index is 11.3. The van der Waals surface area contributed by atoms with E-state index in [2.05, 4.69) is 0 Å². The maximum absolute atomic E-state index is 11.3. The van der Waals surface area contributed by atoms with E-state index in [1.807, 2.05) is 42.7 Å². The highest BCUT2D eigenvalue weighted by atomic mass is 35.5. The molecule has 0 aliphatic heterocycles. The summed E-state index contributed by atoms with van der Waals surface area (Å²) in [6, 6.07) is 12.5. The Bertz CT molecular complexity index is 1120. The van der Waals surface area contributed by atoms with Gasteiger partial charge in [0.2, 0.25) is 8.38 Å². The molecule has 3 aromatic rings. The molecule has 0 fully saturated rings. The third-order valence-electron chi connectivity index (χ3n) is 4.58.